The molecule has 1 nitrogen and oxygen atoms in total. The molecule has 5 atom stereocenters. The van der Waals surface area contributed by atoms with Gasteiger partial charge in [-0.1, -0.05) is 27.2 Å². The van der Waals surface area contributed by atoms with Gasteiger partial charge in [0, 0.05) is 0 Å². The number of rotatable bonds is 1. The highest BCUT2D eigenvalue weighted by Gasteiger charge is 2.47. The SMILES string of the molecule is CC1CCC2C(C1)C(C(C)C)CCC2(C)O. The molecule has 94 valence electrons. The van der Waals surface area contributed by atoms with Crippen molar-refractivity contribution in [1.82, 2.24) is 0 Å². The molecule has 0 amide bonds. The number of hydrogen-bond acceptors (Lipinski definition) is 1. The molecule has 2 aliphatic carbocycles. The van der Waals surface area contributed by atoms with E-state index in [0.717, 1.165) is 30.1 Å². The van der Waals surface area contributed by atoms with Crippen molar-refractivity contribution in [3.63, 3.8) is 0 Å². The van der Waals surface area contributed by atoms with E-state index in [2.05, 4.69) is 27.7 Å². The van der Waals surface area contributed by atoms with Gasteiger partial charge in [-0.2, -0.15) is 0 Å². The Hall–Kier alpha value is -0.0400. The summed E-state index contributed by atoms with van der Waals surface area (Å²) in [7, 11) is 0. The van der Waals surface area contributed by atoms with Crippen molar-refractivity contribution in [3.8, 4) is 0 Å². The molecule has 2 fully saturated rings. The van der Waals surface area contributed by atoms with E-state index in [0.29, 0.717) is 5.92 Å². The van der Waals surface area contributed by atoms with Crippen LogP contribution >= 0.6 is 0 Å². The van der Waals surface area contributed by atoms with Crippen LogP contribution in [0.15, 0.2) is 0 Å². The van der Waals surface area contributed by atoms with Gasteiger partial charge in [0.25, 0.3) is 0 Å². The second-order valence-electron chi connectivity index (χ2n) is 6.99. The fourth-order valence-corrected chi connectivity index (χ4v) is 4.36. The van der Waals surface area contributed by atoms with Gasteiger partial charge in [-0.15, -0.1) is 0 Å². The zero-order valence-electron chi connectivity index (χ0n) is 11.4. The molecule has 0 radical (unpaired) electrons. The van der Waals surface area contributed by atoms with Crippen LogP contribution in [0.5, 0.6) is 0 Å². The van der Waals surface area contributed by atoms with Crippen molar-refractivity contribution in [3.05, 3.63) is 0 Å². The summed E-state index contributed by atoms with van der Waals surface area (Å²) in [6.45, 7) is 9.19. The number of aliphatic hydroxyl groups is 1. The monoisotopic (exact) mass is 224 g/mol. The summed E-state index contributed by atoms with van der Waals surface area (Å²) in [6, 6.07) is 0. The predicted molar refractivity (Wildman–Crippen MR) is 68.2 cm³/mol. The van der Waals surface area contributed by atoms with Crippen LogP contribution in [0.25, 0.3) is 0 Å². The van der Waals surface area contributed by atoms with E-state index in [1.165, 1.54) is 25.7 Å². The lowest BCUT2D eigenvalue weighted by atomic mass is 9.56. The smallest absolute Gasteiger partial charge is 0.0650 e. The van der Waals surface area contributed by atoms with E-state index < -0.39 is 0 Å². The standard InChI is InChI=1S/C15H28O/c1-10(2)12-7-8-15(4,16)14-6-5-11(3)9-13(12)14/h10-14,16H,5-9H2,1-4H3. The molecule has 1 heteroatoms. The summed E-state index contributed by atoms with van der Waals surface area (Å²) < 4.78 is 0. The molecule has 5 unspecified atom stereocenters. The molecule has 0 heterocycles. The van der Waals surface area contributed by atoms with Gasteiger partial charge in [0.2, 0.25) is 0 Å². The average Bonchev–Trinajstić information content (AvgIpc) is 2.16. The van der Waals surface area contributed by atoms with E-state index in [4.69, 9.17) is 0 Å². The minimum Gasteiger partial charge on any atom is -0.390 e. The first kappa shape index (κ1) is 12.4. The second kappa shape index (κ2) is 4.33. The maximum Gasteiger partial charge on any atom is 0.0650 e. The summed E-state index contributed by atoms with van der Waals surface area (Å²) in [6.07, 6.45) is 6.18. The topological polar surface area (TPSA) is 20.2 Å². The third-order valence-corrected chi connectivity index (χ3v) is 5.35. The maximum absolute atomic E-state index is 10.6. The second-order valence-corrected chi connectivity index (χ2v) is 6.99. The van der Waals surface area contributed by atoms with E-state index in [-0.39, 0.29) is 5.60 Å². The predicted octanol–water partition coefficient (Wildman–Crippen LogP) is 3.86. The zero-order chi connectivity index (χ0) is 11.9. The van der Waals surface area contributed by atoms with Gasteiger partial charge >= 0.3 is 0 Å². The third-order valence-electron chi connectivity index (χ3n) is 5.35. The molecule has 2 saturated carbocycles. The van der Waals surface area contributed by atoms with Crippen molar-refractivity contribution in [2.45, 2.75) is 65.4 Å². The number of hydrogen-bond donors (Lipinski definition) is 1. The van der Waals surface area contributed by atoms with Crippen LogP contribution in [-0.4, -0.2) is 10.7 Å². The van der Waals surface area contributed by atoms with E-state index in [1.54, 1.807) is 0 Å². The molecule has 0 aromatic carbocycles. The minimum absolute atomic E-state index is 0.379. The summed E-state index contributed by atoms with van der Waals surface area (Å²) in [5, 5.41) is 10.6. The van der Waals surface area contributed by atoms with Crippen molar-refractivity contribution < 1.29 is 5.11 Å². The Morgan fingerprint density at radius 1 is 1.19 bits per heavy atom. The van der Waals surface area contributed by atoms with Gasteiger partial charge in [0.15, 0.2) is 0 Å². The highest BCUT2D eigenvalue weighted by atomic mass is 16.3. The minimum atomic E-state index is -0.379. The van der Waals surface area contributed by atoms with Crippen molar-refractivity contribution >= 4 is 0 Å². The number of fused-ring (bicyclic) bond motifs is 1. The zero-order valence-corrected chi connectivity index (χ0v) is 11.4. The van der Waals surface area contributed by atoms with Gasteiger partial charge in [-0.05, 0) is 62.2 Å². The molecular formula is C15H28O. The molecule has 0 bridgehead atoms. The quantitative estimate of drug-likeness (QED) is 0.717. The maximum atomic E-state index is 10.6. The van der Waals surface area contributed by atoms with Gasteiger partial charge in [-0.3, -0.25) is 0 Å². The first-order valence-corrected chi connectivity index (χ1v) is 7.14. The summed E-state index contributed by atoms with van der Waals surface area (Å²) >= 11 is 0. The Kier molecular flexibility index (Phi) is 3.36. The van der Waals surface area contributed by atoms with Crippen LogP contribution in [0.4, 0.5) is 0 Å². The molecular weight excluding hydrogens is 196 g/mol. The van der Waals surface area contributed by atoms with Crippen LogP contribution < -0.4 is 0 Å². The molecule has 2 rings (SSSR count). The lowest BCUT2D eigenvalue weighted by Crippen LogP contribution is -2.49. The first-order chi connectivity index (χ1) is 7.42. The Balaban J connectivity index is 2.18. The molecule has 2 aliphatic rings. The van der Waals surface area contributed by atoms with Crippen molar-refractivity contribution in [2.75, 3.05) is 0 Å². The lowest BCUT2D eigenvalue weighted by molar-refractivity contribution is -0.109. The highest BCUT2D eigenvalue weighted by molar-refractivity contribution is 4.98. The normalized spacial score (nSPS) is 49.1. The van der Waals surface area contributed by atoms with Gasteiger partial charge in [-0.25, -0.2) is 0 Å². The van der Waals surface area contributed by atoms with E-state index in [9.17, 15) is 5.11 Å². The van der Waals surface area contributed by atoms with Crippen LogP contribution in [-0.2, 0) is 0 Å². The summed E-state index contributed by atoms with van der Waals surface area (Å²) in [4.78, 5) is 0. The Bertz CT molecular complexity index is 244. The molecule has 16 heavy (non-hydrogen) atoms. The van der Waals surface area contributed by atoms with Crippen LogP contribution in [0.3, 0.4) is 0 Å². The molecule has 1 N–H and O–H groups in total. The fraction of sp³-hybridized carbons (Fsp3) is 1.00. The molecule has 0 saturated heterocycles. The van der Waals surface area contributed by atoms with E-state index in [1.807, 2.05) is 0 Å². The van der Waals surface area contributed by atoms with Crippen molar-refractivity contribution in [1.29, 1.82) is 0 Å². The van der Waals surface area contributed by atoms with Crippen molar-refractivity contribution in [2.24, 2.45) is 29.6 Å². The summed E-state index contributed by atoms with van der Waals surface area (Å²) in [5.41, 5.74) is -0.379. The lowest BCUT2D eigenvalue weighted by Gasteiger charge is -2.52. The molecule has 0 aromatic heterocycles. The third kappa shape index (κ3) is 2.16. The molecule has 0 aliphatic heterocycles. The largest absolute Gasteiger partial charge is 0.390 e. The fourth-order valence-electron chi connectivity index (χ4n) is 4.36. The van der Waals surface area contributed by atoms with E-state index >= 15 is 0 Å². The Morgan fingerprint density at radius 3 is 2.50 bits per heavy atom. The average molecular weight is 224 g/mol. The molecule has 0 spiro atoms. The van der Waals surface area contributed by atoms with Gasteiger partial charge in [0.1, 0.15) is 0 Å². The van der Waals surface area contributed by atoms with Crippen LogP contribution in [0.2, 0.25) is 0 Å². The van der Waals surface area contributed by atoms with Gasteiger partial charge < -0.3 is 5.11 Å². The van der Waals surface area contributed by atoms with Crippen LogP contribution in [0, 0.1) is 29.6 Å². The van der Waals surface area contributed by atoms with Crippen LogP contribution in [0.1, 0.15) is 59.8 Å². The van der Waals surface area contributed by atoms with Gasteiger partial charge in [0.05, 0.1) is 5.60 Å². The molecule has 0 aromatic rings. The Morgan fingerprint density at radius 2 is 1.88 bits per heavy atom. The first-order valence-electron chi connectivity index (χ1n) is 7.14. The Labute approximate surface area is 101 Å². The highest BCUT2D eigenvalue weighted by Crippen LogP contribution is 2.51. The summed E-state index contributed by atoms with van der Waals surface area (Å²) in [5.74, 6) is 3.87.